The minimum absolute atomic E-state index is 0.174. The van der Waals surface area contributed by atoms with Gasteiger partial charge in [0.25, 0.3) is 8.32 Å². The van der Waals surface area contributed by atoms with Gasteiger partial charge in [0.05, 0.1) is 18.2 Å². The average molecular weight is 493 g/mol. The Morgan fingerprint density at radius 1 is 1.00 bits per heavy atom. The van der Waals surface area contributed by atoms with Crippen molar-refractivity contribution in [1.82, 2.24) is 4.90 Å². The van der Waals surface area contributed by atoms with Gasteiger partial charge in [0, 0.05) is 12.0 Å². The second-order valence-corrected chi connectivity index (χ2v) is 16.0. The first kappa shape index (κ1) is 27.0. The summed E-state index contributed by atoms with van der Waals surface area (Å²) in [5, 5.41) is 21.9. The van der Waals surface area contributed by atoms with Crippen LogP contribution in [0.15, 0.2) is 60.7 Å². The van der Waals surface area contributed by atoms with E-state index in [2.05, 4.69) is 75.4 Å². The predicted molar refractivity (Wildman–Crippen MR) is 143 cm³/mol. The van der Waals surface area contributed by atoms with E-state index in [-0.39, 0.29) is 23.1 Å². The first-order valence-electron chi connectivity index (χ1n) is 12.6. The summed E-state index contributed by atoms with van der Waals surface area (Å²) in [6.45, 7) is 12.6. The predicted octanol–water partition coefficient (Wildman–Crippen LogP) is 5.79. The first-order chi connectivity index (χ1) is 16.4. The van der Waals surface area contributed by atoms with Crippen LogP contribution in [0.2, 0.25) is 5.04 Å². The Balaban J connectivity index is 2.18. The molecule has 35 heavy (non-hydrogen) atoms. The van der Waals surface area contributed by atoms with Crippen LogP contribution >= 0.6 is 0 Å². The van der Waals surface area contributed by atoms with Crippen molar-refractivity contribution >= 4 is 24.8 Å². The fourth-order valence-corrected chi connectivity index (χ4v) is 10.5. The van der Waals surface area contributed by atoms with Gasteiger partial charge in [0.1, 0.15) is 0 Å². The van der Waals surface area contributed by atoms with Gasteiger partial charge in [-0.15, -0.1) is 0 Å². The van der Waals surface area contributed by atoms with Gasteiger partial charge >= 0.3 is 6.09 Å². The van der Waals surface area contributed by atoms with Crippen LogP contribution in [0.4, 0.5) is 4.79 Å². The van der Waals surface area contributed by atoms with E-state index >= 15 is 0 Å². The van der Waals surface area contributed by atoms with Crippen molar-refractivity contribution in [3.63, 3.8) is 0 Å². The fourth-order valence-electron chi connectivity index (χ4n) is 5.77. The van der Waals surface area contributed by atoms with Crippen LogP contribution < -0.4 is 10.4 Å². The lowest BCUT2D eigenvalue weighted by Crippen LogP contribution is -2.70. The van der Waals surface area contributed by atoms with E-state index in [0.29, 0.717) is 12.8 Å². The lowest BCUT2D eigenvalue weighted by molar-refractivity contribution is -0.0170. The number of rotatable bonds is 6. The summed E-state index contributed by atoms with van der Waals surface area (Å²) in [4.78, 5) is 14.2. The summed E-state index contributed by atoms with van der Waals surface area (Å²) in [7, 11) is -2.84. The van der Waals surface area contributed by atoms with Crippen molar-refractivity contribution in [3.05, 3.63) is 60.7 Å². The molecule has 0 aromatic heterocycles. The molecule has 188 valence electrons. The third kappa shape index (κ3) is 5.63. The molecule has 0 radical (unpaired) electrons. The number of nitriles is 1. The zero-order valence-corrected chi connectivity index (χ0v) is 23.0. The minimum Gasteiger partial charge on any atom is -0.465 e. The molecule has 0 unspecified atom stereocenters. The molecule has 0 spiro atoms. The van der Waals surface area contributed by atoms with Crippen LogP contribution in [0.1, 0.15) is 67.2 Å². The molecule has 3 atom stereocenters. The van der Waals surface area contributed by atoms with Crippen LogP contribution in [0.25, 0.3) is 0 Å². The molecule has 1 saturated carbocycles. The fraction of sp³-hybridized carbons (Fsp3) is 0.517. The molecule has 1 N–H and O–H groups in total. The molecule has 0 saturated heterocycles. The maximum Gasteiger partial charge on any atom is 0.408 e. The number of benzene rings is 2. The Kier molecular flexibility index (Phi) is 8.13. The van der Waals surface area contributed by atoms with Gasteiger partial charge in [-0.3, -0.25) is 4.90 Å². The molecular formula is C29H40N2O3Si. The van der Waals surface area contributed by atoms with E-state index in [0.717, 1.165) is 12.8 Å². The van der Waals surface area contributed by atoms with E-state index in [4.69, 9.17) is 4.43 Å². The van der Waals surface area contributed by atoms with E-state index in [1.807, 2.05) is 32.9 Å². The van der Waals surface area contributed by atoms with Crippen molar-refractivity contribution in [2.75, 3.05) is 0 Å². The highest BCUT2D eigenvalue weighted by Gasteiger charge is 2.54. The quantitative estimate of drug-likeness (QED) is 0.518. The number of carboxylic acid groups (broad SMARTS) is 1. The summed E-state index contributed by atoms with van der Waals surface area (Å²) >= 11 is 0. The van der Waals surface area contributed by atoms with Crippen LogP contribution in [0, 0.1) is 17.2 Å². The average Bonchev–Trinajstić information content (AvgIpc) is 2.78. The highest BCUT2D eigenvalue weighted by Crippen LogP contribution is 2.42. The molecule has 1 aliphatic carbocycles. The lowest BCUT2D eigenvalue weighted by Gasteiger charge is -2.51. The topological polar surface area (TPSA) is 73.6 Å². The monoisotopic (exact) mass is 492 g/mol. The molecule has 1 fully saturated rings. The molecule has 2 aromatic carbocycles. The van der Waals surface area contributed by atoms with Gasteiger partial charge in [-0.1, -0.05) is 81.4 Å². The van der Waals surface area contributed by atoms with Gasteiger partial charge in [0.15, 0.2) is 0 Å². The normalized spacial score (nSPS) is 21.2. The zero-order chi connectivity index (χ0) is 25.9. The Hall–Kier alpha value is -2.62. The SMILES string of the molecule is CC(C)(C)N(C(=O)O)[C@@H]1C[C@@H](CC#N)CC[C@H]1O[Si](c1ccccc1)(c1ccccc1)C(C)(C)C. The Labute approximate surface area is 211 Å². The van der Waals surface area contributed by atoms with Crippen LogP contribution in [0.3, 0.4) is 0 Å². The largest absolute Gasteiger partial charge is 0.465 e. The number of amides is 1. The van der Waals surface area contributed by atoms with Crippen molar-refractivity contribution in [3.8, 4) is 6.07 Å². The van der Waals surface area contributed by atoms with Gasteiger partial charge in [-0.25, -0.2) is 4.79 Å². The zero-order valence-electron chi connectivity index (χ0n) is 22.0. The molecule has 6 heteroatoms. The summed E-state index contributed by atoms with van der Waals surface area (Å²) in [6.07, 6.45) is 1.49. The standard InChI is InChI=1S/C29H40N2O3Si/c1-28(2,3)31(27(32)33)25-21-22(19-20-30)17-18-26(25)34-35(29(4,5)6,23-13-9-7-10-14-23)24-15-11-8-12-16-24/h7-16,22,25-26H,17-19,21H2,1-6H3,(H,32,33)/t22-,25-,26-/m1/s1. The molecular weight excluding hydrogens is 452 g/mol. The molecule has 0 aliphatic heterocycles. The number of hydrogen-bond donors (Lipinski definition) is 1. The Morgan fingerprint density at radius 3 is 1.91 bits per heavy atom. The van der Waals surface area contributed by atoms with Gasteiger partial charge in [-0.05, 0) is 61.4 Å². The molecule has 1 amide bonds. The molecule has 2 aromatic rings. The van der Waals surface area contributed by atoms with Crippen molar-refractivity contribution in [1.29, 1.82) is 5.26 Å². The highest BCUT2D eigenvalue weighted by molar-refractivity contribution is 6.99. The summed E-state index contributed by atoms with van der Waals surface area (Å²) in [5.41, 5.74) is -0.585. The van der Waals surface area contributed by atoms with Gasteiger partial charge in [-0.2, -0.15) is 5.26 Å². The summed E-state index contributed by atoms with van der Waals surface area (Å²) in [6, 6.07) is 23.0. The van der Waals surface area contributed by atoms with E-state index in [9.17, 15) is 15.2 Å². The Morgan fingerprint density at radius 2 is 1.51 bits per heavy atom. The second kappa shape index (κ2) is 10.6. The second-order valence-electron chi connectivity index (χ2n) is 11.8. The third-order valence-electron chi connectivity index (χ3n) is 7.25. The number of carbonyl (C=O) groups is 1. The maximum atomic E-state index is 12.6. The van der Waals surface area contributed by atoms with Gasteiger partial charge < -0.3 is 9.53 Å². The van der Waals surface area contributed by atoms with E-state index in [1.54, 1.807) is 4.90 Å². The van der Waals surface area contributed by atoms with Crippen LogP contribution in [-0.2, 0) is 4.43 Å². The van der Waals surface area contributed by atoms with Crippen molar-refractivity contribution in [2.45, 2.75) is 89.9 Å². The van der Waals surface area contributed by atoms with Gasteiger partial charge in [0.2, 0.25) is 0 Å². The van der Waals surface area contributed by atoms with Crippen molar-refractivity contribution in [2.24, 2.45) is 5.92 Å². The summed E-state index contributed by atoms with van der Waals surface area (Å²) < 4.78 is 7.43. The molecule has 5 nitrogen and oxygen atoms in total. The molecule has 3 rings (SSSR count). The minimum atomic E-state index is -2.84. The lowest BCUT2D eigenvalue weighted by atomic mass is 9.80. The van der Waals surface area contributed by atoms with Crippen molar-refractivity contribution < 1.29 is 14.3 Å². The third-order valence-corrected chi connectivity index (χ3v) is 12.3. The van der Waals surface area contributed by atoms with Crippen LogP contribution in [-0.4, -0.2) is 42.1 Å². The number of nitrogens with zero attached hydrogens (tertiary/aromatic N) is 2. The maximum absolute atomic E-state index is 12.6. The van der Waals surface area contributed by atoms with Crippen LogP contribution in [0.5, 0.6) is 0 Å². The Bertz CT molecular complexity index is 982. The molecule has 0 heterocycles. The molecule has 1 aliphatic rings. The van der Waals surface area contributed by atoms with E-state index in [1.165, 1.54) is 10.4 Å². The summed E-state index contributed by atoms with van der Waals surface area (Å²) in [5.74, 6) is 0.174. The smallest absolute Gasteiger partial charge is 0.408 e. The highest BCUT2D eigenvalue weighted by atomic mass is 28.4. The molecule has 0 bridgehead atoms. The first-order valence-corrected chi connectivity index (χ1v) is 14.5. The number of hydrogen-bond acceptors (Lipinski definition) is 3. The van der Waals surface area contributed by atoms with E-state index < -0.39 is 19.9 Å².